The van der Waals surface area contributed by atoms with Crippen LogP contribution in [0.1, 0.15) is 42.3 Å². The maximum absolute atomic E-state index is 12.9. The molecule has 0 aliphatic carbocycles. The molecule has 0 spiro atoms. The Balaban J connectivity index is 1.44. The van der Waals surface area contributed by atoms with Gasteiger partial charge in [-0.2, -0.15) is 0 Å². The highest BCUT2D eigenvalue weighted by molar-refractivity contribution is 7.17. The number of carbonyl (C=O) groups is 2. The van der Waals surface area contributed by atoms with Crippen LogP contribution in [0, 0.1) is 0 Å². The average molecular weight is 530 g/mol. The Morgan fingerprint density at radius 2 is 1.39 bits per heavy atom. The molecular formula is C30H31N3O4S. The van der Waals surface area contributed by atoms with Gasteiger partial charge in [-0.05, 0) is 52.9 Å². The number of esters is 1. The molecule has 38 heavy (non-hydrogen) atoms. The van der Waals surface area contributed by atoms with Gasteiger partial charge in [0.15, 0.2) is 0 Å². The number of benzene rings is 3. The Kier molecular flexibility index (Phi) is 8.22. The smallest absolute Gasteiger partial charge is 0.328 e. The molecule has 0 saturated heterocycles. The van der Waals surface area contributed by atoms with Gasteiger partial charge in [-0.1, -0.05) is 68.5 Å². The van der Waals surface area contributed by atoms with E-state index in [2.05, 4.69) is 36.3 Å². The third-order valence-electron chi connectivity index (χ3n) is 6.21. The molecule has 0 fully saturated rings. The van der Waals surface area contributed by atoms with Crippen LogP contribution in [-0.4, -0.2) is 42.3 Å². The summed E-state index contributed by atoms with van der Waals surface area (Å²) in [6.45, 7) is 6.35. The fraction of sp³-hybridized carbons (Fsp3) is 0.267. The molecule has 7 nitrogen and oxygen atoms in total. The fourth-order valence-corrected chi connectivity index (χ4v) is 4.76. The van der Waals surface area contributed by atoms with E-state index in [1.54, 1.807) is 19.2 Å². The van der Waals surface area contributed by atoms with E-state index in [1.807, 2.05) is 60.7 Å². The molecule has 4 rings (SSSR count). The summed E-state index contributed by atoms with van der Waals surface area (Å²) in [5.74, 6) is -0.0339. The Bertz CT molecular complexity index is 1390. The molecule has 1 amide bonds. The molecule has 1 aromatic heterocycles. The van der Waals surface area contributed by atoms with E-state index in [4.69, 9.17) is 9.47 Å². The van der Waals surface area contributed by atoms with Crippen LogP contribution in [0.5, 0.6) is 5.75 Å². The molecule has 0 unspecified atom stereocenters. The number of rotatable bonds is 8. The molecule has 1 atom stereocenters. The van der Waals surface area contributed by atoms with E-state index in [1.165, 1.54) is 18.4 Å². The average Bonchev–Trinajstić information content (AvgIpc) is 3.42. The van der Waals surface area contributed by atoms with Gasteiger partial charge < -0.3 is 14.8 Å². The summed E-state index contributed by atoms with van der Waals surface area (Å²) in [6.07, 6.45) is 0.298. The summed E-state index contributed by atoms with van der Waals surface area (Å²) in [5, 5.41) is 13.1. The highest BCUT2D eigenvalue weighted by Crippen LogP contribution is 2.31. The van der Waals surface area contributed by atoms with Crippen molar-refractivity contribution >= 4 is 23.2 Å². The number of nitrogens with zero attached hydrogens (tertiary/aromatic N) is 2. The number of methoxy groups -OCH3 is 2. The lowest BCUT2D eigenvalue weighted by atomic mass is 9.86. The van der Waals surface area contributed by atoms with Gasteiger partial charge in [0.2, 0.25) is 0 Å². The van der Waals surface area contributed by atoms with Gasteiger partial charge in [-0.3, -0.25) is 4.79 Å². The van der Waals surface area contributed by atoms with Crippen molar-refractivity contribution in [1.82, 2.24) is 15.5 Å². The normalized spacial score (nSPS) is 12.0. The van der Waals surface area contributed by atoms with Crippen LogP contribution in [0.25, 0.3) is 21.1 Å². The molecule has 0 radical (unpaired) electrons. The minimum absolute atomic E-state index is 0.0122. The first kappa shape index (κ1) is 27.0. The first-order valence-electron chi connectivity index (χ1n) is 12.2. The summed E-state index contributed by atoms with van der Waals surface area (Å²) < 4.78 is 10.2. The molecular weight excluding hydrogens is 498 g/mol. The lowest BCUT2D eigenvalue weighted by molar-refractivity contribution is -0.142. The zero-order valence-electron chi connectivity index (χ0n) is 22.1. The number of carbonyl (C=O) groups excluding carboxylic acids is 2. The molecule has 196 valence electrons. The topological polar surface area (TPSA) is 90.4 Å². The van der Waals surface area contributed by atoms with E-state index in [-0.39, 0.29) is 11.3 Å². The second-order valence-electron chi connectivity index (χ2n) is 9.92. The van der Waals surface area contributed by atoms with Crippen molar-refractivity contribution in [3.8, 4) is 26.9 Å². The van der Waals surface area contributed by atoms with E-state index >= 15 is 0 Å². The minimum atomic E-state index is -0.816. The number of hydrogen-bond acceptors (Lipinski definition) is 7. The quantitative estimate of drug-likeness (QED) is 0.295. The van der Waals surface area contributed by atoms with Crippen molar-refractivity contribution in [2.75, 3.05) is 14.2 Å². The number of aromatic nitrogens is 2. The van der Waals surface area contributed by atoms with Gasteiger partial charge in [0.1, 0.15) is 21.8 Å². The second-order valence-corrected chi connectivity index (χ2v) is 10.9. The highest BCUT2D eigenvalue weighted by Gasteiger charge is 2.23. The maximum atomic E-state index is 12.9. The number of ether oxygens (including phenoxy) is 2. The maximum Gasteiger partial charge on any atom is 0.328 e. The molecule has 4 aromatic rings. The van der Waals surface area contributed by atoms with Gasteiger partial charge in [0.05, 0.1) is 14.2 Å². The molecule has 0 aliphatic rings. The van der Waals surface area contributed by atoms with E-state index < -0.39 is 12.0 Å². The van der Waals surface area contributed by atoms with Crippen molar-refractivity contribution in [1.29, 1.82) is 0 Å². The summed E-state index contributed by atoms with van der Waals surface area (Å²) in [6, 6.07) is 22.0. The van der Waals surface area contributed by atoms with Crippen LogP contribution in [-0.2, 0) is 21.4 Å². The summed E-state index contributed by atoms with van der Waals surface area (Å²) in [4.78, 5) is 25.4. The largest absolute Gasteiger partial charge is 0.497 e. The standard InChI is InChI=1S/C30H31N3O4S/c1-30(2,3)23-14-10-20(11-15-23)26(34)31-25(29(35)37-5)18-19-6-8-21(9-7-19)27-32-33-28(38-27)22-12-16-24(36-4)17-13-22/h6-17,25H,18H2,1-5H3,(H,31,34)/t25-/m0/s1. The van der Waals surface area contributed by atoms with Crippen LogP contribution in [0.4, 0.5) is 0 Å². The highest BCUT2D eigenvalue weighted by atomic mass is 32.1. The van der Waals surface area contributed by atoms with Gasteiger partial charge >= 0.3 is 5.97 Å². The molecule has 0 saturated carbocycles. The third kappa shape index (κ3) is 6.44. The second kappa shape index (κ2) is 11.6. The van der Waals surface area contributed by atoms with Gasteiger partial charge in [-0.25, -0.2) is 4.79 Å². The Labute approximate surface area is 226 Å². The fourth-order valence-electron chi connectivity index (χ4n) is 3.91. The predicted molar refractivity (Wildman–Crippen MR) is 149 cm³/mol. The zero-order chi connectivity index (χ0) is 27.3. The van der Waals surface area contributed by atoms with Crippen LogP contribution in [0.3, 0.4) is 0 Å². The predicted octanol–water partition coefficient (Wildman–Crippen LogP) is 5.69. The monoisotopic (exact) mass is 529 g/mol. The molecule has 0 aliphatic heterocycles. The molecule has 3 aromatic carbocycles. The summed E-state index contributed by atoms with van der Waals surface area (Å²) >= 11 is 1.50. The van der Waals surface area contributed by atoms with Crippen molar-refractivity contribution in [2.24, 2.45) is 0 Å². The number of hydrogen-bond donors (Lipinski definition) is 1. The van der Waals surface area contributed by atoms with Crippen molar-refractivity contribution in [3.05, 3.63) is 89.5 Å². The first-order valence-corrected chi connectivity index (χ1v) is 13.1. The lowest BCUT2D eigenvalue weighted by Gasteiger charge is -2.20. The Hall–Kier alpha value is -4.04. The minimum Gasteiger partial charge on any atom is -0.497 e. The lowest BCUT2D eigenvalue weighted by Crippen LogP contribution is -2.43. The number of nitrogens with one attached hydrogen (secondary N) is 1. The summed E-state index contributed by atoms with van der Waals surface area (Å²) in [5.41, 5.74) is 4.38. The third-order valence-corrected chi connectivity index (χ3v) is 7.23. The van der Waals surface area contributed by atoms with E-state index in [0.717, 1.165) is 38.0 Å². The first-order chi connectivity index (χ1) is 18.2. The molecule has 1 N–H and O–H groups in total. The van der Waals surface area contributed by atoms with Crippen LogP contribution >= 0.6 is 11.3 Å². The van der Waals surface area contributed by atoms with Crippen molar-refractivity contribution in [2.45, 2.75) is 38.6 Å². The Morgan fingerprint density at radius 3 is 1.89 bits per heavy atom. The Morgan fingerprint density at radius 1 is 0.842 bits per heavy atom. The van der Waals surface area contributed by atoms with Gasteiger partial charge in [0.25, 0.3) is 5.91 Å². The number of amides is 1. The van der Waals surface area contributed by atoms with Crippen LogP contribution in [0.2, 0.25) is 0 Å². The van der Waals surface area contributed by atoms with Gasteiger partial charge in [0, 0.05) is 23.1 Å². The van der Waals surface area contributed by atoms with Crippen LogP contribution < -0.4 is 10.1 Å². The molecule has 1 heterocycles. The van der Waals surface area contributed by atoms with Crippen LogP contribution in [0.15, 0.2) is 72.8 Å². The van der Waals surface area contributed by atoms with Gasteiger partial charge in [-0.15, -0.1) is 10.2 Å². The molecule has 8 heteroatoms. The summed E-state index contributed by atoms with van der Waals surface area (Å²) in [7, 11) is 2.95. The van der Waals surface area contributed by atoms with E-state index in [9.17, 15) is 9.59 Å². The van der Waals surface area contributed by atoms with Crippen molar-refractivity contribution < 1.29 is 19.1 Å². The molecule has 0 bridgehead atoms. The van der Waals surface area contributed by atoms with E-state index in [0.29, 0.717) is 12.0 Å². The zero-order valence-corrected chi connectivity index (χ0v) is 23.0. The SMILES string of the molecule is COC(=O)[C@H](Cc1ccc(-c2nnc(-c3ccc(OC)cc3)s2)cc1)NC(=O)c1ccc(C(C)(C)C)cc1. The van der Waals surface area contributed by atoms with Crippen molar-refractivity contribution in [3.63, 3.8) is 0 Å².